The van der Waals surface area contributed by atoms with Crippen LogP contribution in [-0.4, -0.2) is 45.3 Å². The minimum atomic E-state index is -2.57. The average Bonchev–Trinajstić information content (AvgIpc) is 3.55. The molecule has 2 aromatic heterocycles. The number of benzene rings is 2. The zero-order valence-electron chi connectivity index (χ0n) is 20.2. The largest absolute Gasteiger partial charge is 0.488 e. The molecule has 7 nitrogen and oxygen atoms in total. The first-order valence-electron chi connectivity index (χ1n) is 11.6. The van der Waals surface area contributed by atoms with Crippen LogP contribution in [0.15, 0.2) is 71.5 Å². The third-order valence-electron chi connectivity index (χ3n) is 6.79. The third-order valence-corrected chi connectivity index (χ3v) is 6.79. The number of hydrogen-bond acceptors (Lipinski definition) is 5. The van der Waals surface area contributed by atoms with E-state index in [1.807, 2.05) is 63.5 Å². The molecule has 36 heavy (non-hydrogen) atoms. The standard InChI is InChI=1S/C27H26F2N4O3/c1-17-21-10-9-20(35-15-25(28)29)11-22(21)27(2,19-13-30-32(3)14-19)16-33(17)26(34)23-12-24(36-31-23)18-7-5-4-6-8-18/h4-14,17,25H,15-16H2,1-3H3. The maximum absolute atomic E-state index is 13.7. The van der Waals surface area contributed by atoms with Crippen LogP contribution in [0.2, 0.25) is 0 Å². The Bertz CT molecular complexity index is 1380. The van der Waals surface area contributed by atoms with Crippen LogP contribution in [0.25, 0.3) is 11.3 Å². The number of nitrogens with zero attached hydrogens (tertiary/aromatic N) is 4. The van der Waals surface area contributed by atoms with E-state index >= 15 is 0 Å². The van der Waals surface area contributed by atoms with Gasteiger partial charge in [-0.3, -0.25) is 9.48 Å². The first kappa shape index (κ1) is 23.7. The molecular weight excluding hydrogens is 466 g/mol. The van der Waals surface area contributed by atoms with E-state index in [9.17, 15) is 13.6 Å². The maximum Gasteiger partial charge on any atom is 0.276 e. The van der Waals surface area contributed by atoms with Crippen molar-refractivity contribution >= 4 is 5.91 Å². The van der Waals surface area contributed by atoms with E-state index in [-0.39, 0.29) is 17.6 Å². The van der Waals surface area contributed by atoms with Gasteiger partial charge in [-0.05, 0) is 37.1 Å². The molecule has 0 spiro atoms. The van der Waals surface area contributed by atoms with Crippen molar-refractivity contribution < 1.29 is 22.8 Å². The molecule has 2 atom stereocenters. The van der Waals surface area contributed by atoms with Gasteiger partial charge in [0.15, 0.2) is 11.5 Å². The van der Waals surface area contributed by atoms with Crippen molar-refractivity contribution in [2.45, 2.75) is 31.7 Å². The summed E-state index contributed by atoms with van der Waals surface area (Å²) in [6.45, 7) is 3.61. The molecule has 4 aromatic rings. The topological polar surface area (TPSA) is 73.4 Å². The van der Waals surface area contributed by atoms with E-state index in [0.29, 0.717) is 18.1 Å². The predicted molar refractivity (Wildman–Crippen MR) is 129 cm³/mol. The van der Waals surface area contributed by atoms with Gasteiger partial charge in [-0.2, -0.15) is 5.10 Å². The van der Waals surface area contributed by atoms with Crippen LogP contribution in [0.4, 0.5) is 8.78 Å². The van der Waals surface area contributed by atoms with Gasteiger partial charge in [0.05, 0.1) is 12.2 Å². The second kappa shape index (κ2) is 9.22. The lowest BCUT2D eigenvalue weighted by Crippen LogP contribution is -2.49. The molecule has 9 heteroatoms. The second-order valence-corrected chi connectivity index (χ2v) is 9.24. The Morgan fingerprint density at radius 2 is 2.00 bits per heavy atom. The van der Waals surface area contributed by atoms with E-state index in [1.165, 1.54) is 0 Å². The Morgan fingerprint density at radius 3 is 2.69 bits per heavy atom. The number of carbonyl (C=O) groups is 1. The average molecular weight is 493 g/mol. The molecule has 0 aliphatic carbocycles. The number of fused-ring (bicyclic) bond motifs is 1. The fraction of sp³-hybridized carbons (Fsp3) is 0.296. The molecule has 3 heterocycles. The van der Waals surface area contributed by atoms with Gasteiger partial charge in [0.1, 0.15) is 12.4 Å². The number of aryl methyl sites for hydroxylation is 1. The van der Waals surface area contributed by atoms with E-state index in [1.54, 1.807) is 34.0 Å². The minimum Gasteiger partial charge on any atom is -0.488 e. The molecule has 0 bridgehead atoms. The molecule has 2 aromatic carbocycles. The molecule has 1 aliphatic rings. The predicted octanol–water partition coefficient (Wildman–Crippen LogP) is 5.24. The highest BCUT2D eigenvalue weighted by Gasteiger charge is 2.43. The molecule has 0 radical (unpaired) electrons. The summed E-state index contributed by atoms with van der Waals surface area (Å²) in [7, 11) is 1.82. The van der Waals surface area contributed by atoms with Gasteiger partial charge >= 0.3 is 0 Å². The second-order valence-electron chi connectivity index (χ2n) is 9.24. The normalized spacial score (nSPS) is 19.4. The molecule has 1 amide bonds. The van der Waals surface area contributed by atoms with Crippen molar-refractivity contribution in [3.63, 3.8) is 0 Å². The number of hydrogen-bond donors (Lipinski definition) is 0. The fourth-order valence-electron chi connectivity index (χ4n) is 4.82. The number of amides is 1. The van der Waals surface area contributed by atoms with Crippen molar-refractivity contribution in [2.24, 2.45) is 7.05 Å². The van der Waals surface area contributed by atoms with Crippen LogP contribution in [0.5, 0.6) is 5.75 Å². The zero-order valence-corrected chi connectivity index (χ0v) is 20.2. The van der Waals surface area contributed by atoms with E-state index in [0.717, 1.165) is 22.3 Å². The minimum absolute atomic E-state index is 0.217. The quantitative estimate of drug-likeness (QED) is 0.368. The van der Waals surface area contributed by atoms with Crippen LogP contribution < -0.4 is 4.74 Å². The lowest BCUT2D eigenvalue weighted by Gasteiger charge is -2.45. The van der Waals surface area contributed by atoms with Gasteiger partial charge in [-0.15, -0.1) is 0 Å². The summed E-state index contributed by atoms with van der Waals surface area (Å²) in [5, 5.41) is 8.40. The monoisotopic (exact) mass is 492 g/mol. The molecule has 0 fully saturated rings. The highest BCUT2D eigenvalue weighted by Crippen LogP contribution is 2.45. The number of alkyl halides is 2. The Hall–Kier alpha value is -4.01. The molecule has 0 saturated heterocycles. The van der Waals surface area contributed by atoms with Gasteiger partial charge in [0.2, 0.25) is 0 Å². The molecule has 1 aliphatic heterocycles. The number of aromatic nitrogens is 3. The first-order chi connectivity index (χ1) is 17.3. The van der Waals surface area contributed by atoms with Gasteiger partial charge in [0.25, 0.3) is 12.3 Å². The summed E-state index contributed by atoms with van der Waals surface area (Å²) >= 11 is 0. The summed E-state index contributed by atoms with van der Waals surface area (Å²) in [6.07, 6.45) is 1.10. The Balaban J connectivity index is 1.53. The maximum atomic E-state index is 13.7. The lowest BCUT2D eigenvalue weighted by atomic mass is 9.71. The SMILES string of the molecule is CC1c2ccc(OCC(F)F)cc2C(C)(c2cnn(C)c2)CN1C(=O)c1cc(-c2ccccc2)on1. The van der Waals surface area contributed by atoms with Crippen molar-refractivity contribution in [3.05, 3.63) is 89.4 Å². The highest BCUT2D eigenvalue weighted by molar-refractivity contribution is 5.94. The van der Waals surface area contributed by atoms with Crippen LogP contribution in [0.1, 0.15) is 47.1 Å². The molecule has 186 valence electrons. The smallest absolute Gasteiger partial charge is 0.276 e. The van der Waals surface area contributed by atoms with Gasteiger partial charge in [-0.1, -0.05) is 41.6 Å². The molecular formula is C27H26F2N4O3. The van der Waals surface area contributed by atoms with E-state index in [2.05, 4.69) is 10.3 Å². The summed E-state index contributed by atoms with van der Waals surface area (Å²) in [6, 6.07) is 16.1. The molecule has 2 unspecified atom stereocenters. The number of halogens is 2. The van der Waals surface area contributed by atoms with Gasteiger partial charge in [0, 0.05) is 42.4 Å². The van der Waals surface area contributed by atoms with Crippen LogP contribution in [-0.2, 0) is 12.5 Å². The van der Waals surface area contributed by atoms with Crippen LogP contribution >= 0.6 is 0 Å². The van der Waals surface area contributed by atoms with E-state index < -0.39 is 18.4 Å². The van der Waals surface area contributed by atoms with E-state index in [4.69, 9.17) is 9.26 Å². The number of ether oxygens (including phenoxy) is 1. The highest BCUT2D eigenvalue weighted by atomic mass is 19.3. The third kappa shape index (κ3) is 4.25. The lowest BCUT2D eigenvalue weighted by molar-refractivity contribution is 0.0614. The Kier molecular flexibility index (Phi) is 6.07. The first-order valence-corrected chi connectivity index (χ1v) is 11.6. The molecule has 5 rings (SSSR count). The van der Waals surface area contributed by atoms with Gasteiger partial charge in [-0.25, -0.2) is 8.78 Å². The van der Waals surface area contributed by atoms with Crippen molar-refractivity contribution in [1.82, 2.24) is 19.8 Å². The van der Waals surface area contributed by atoms with Crippen LogP contribution in [0, 0.1) is 0 Å². The van der Waals surface area contributed by atoms with Crippen LogP contribution in [0.3, 0.4) is 0 Å². The van der Waals surface area contributed by atoms with Crippen molar-refractivity contribution in [2.75, 3.05) is 13.2 Å². The Labute approximate surface area is 207 Å². The Morgan fingerprint density at radius 1 is 1.22 bits per heavy atom. The number of rotatable bonds is 6. The summed E-state index contributed by atoms with van der Waals surface area (Å²) in [4.78, 5) is 15.5. The van der Waals surface area contributed by atoms with Crippen molar-refractivity contribution in [3.8, 4) is 17.1 Å². The number of carbonyl (C=O) groups excluding carboxylic acids is 1. The fourth-order valence-corrected chi connectivity index (χ4v) is 4.82. The van der Waals surface area contributed by atoms with Crippen molar-refractivity contribution in [1.29, 1.82) is 0 Å². The molecule has 0 saturated carbocycles. The summed E-state index contributed by atoms with van der Waals surface area (Å²) < 4.78 is 38.0. The zero-order chi connectivity index (χ0) is 25.4. The summed E-state index contributed by atoms with van der Waals surface area (Å²) in [5.74, 6) is 0.618. The molecule has 0 N–H and O–H groups in total. The summed E-state index contributed by atoms with van der Waals surface area (Å²) in [5.41, 5.74) is 3.09. The van der Waals surface area contributed by atoms with Gasteiger partial charge < -0.3 is 14.2 Å².